The number of alkyl halides is 1. The van der Waals surface area contributed by atoms with Crippen LogP contribution in [0.1, 0.15) is 0 Å². The van der Waals surface area contributed by atoms with Gasteiger partial charge < -0.3 is 0 Å². The van der Waals surface area contributed by atoms with E-state index in [1.54, 1.807) is 10.6 Å². The molecule has 2 aromatic heterocycles. The van der Waals surface area contributed by atoms with Crippen molar-refractivity contribution in [2.75, 3.05) is 11.2 Å². The number of hydrogen-bond acceptors (Lipinski definition) is 2. The average molecular weight is 210 g/mol. The Hall–Kier alpha value is -1.55. The monoisotopic (exact) mass is 209 g/mol. The molecule has 0 radical (unpaired) electrons. The molecule has 0 aliphatic carbocycles. The van der Waals surface area contributed by atoms with Gasteiger partial charge in [0.05, 0.1) is 11.7 Å². The fraction of sp³-hybridized carbons (Fsp3) is 0.111. The van der Waals surface area contributed by atoms with Crippen LogP contribution in [0.2, 0.25) is 0 Å². The van der Waals surface area contributed by atoms with Crippen molar-refractivity contribution < 1.29 is 4.79 Å². The average Bonchev–Trinajstić information content (AvgIpc) is 2.62. The number of imidazole rings is 1. The maximum atomic E-state index is 11.0. The lowest BCUT2D eigenvalue weighted by molar-refractivity contribution is -0.114. The molecule has 0 aliphatic rings. The van der Waals surface area contributed by atoms with Gasteiger partial charge in [-0.1, -0.05) is 6.07 Å². The molecule has 14 heavy (non-hydrogen) atoms. The van der Waals surface area contributed by atoms with E-state index in [0.29, 0.717) is 5.95 Å². The summed E-state index contributed by atoms with van der Waals surface area (Å²) < 4.78 is 1.78. The Kier molecular flexibility index (Phi) is 2.37. The van der Waals surface area contributed by atoms with Gasteiger partial charge in [-0.2, -0.15) is 0 Å². The van der Waals surface area contributed by atoms with Crippen LogP contribution in [-0.2, 0) is 4.79 Å². The number of anilines is 1. The van der Waals surface area contributed by atoms with Gasteiger partial charge in [0.15, 0.2) is 0 Å². The summed E-state index contributed by atoms with van der Waals surface area (Å²) in [7, 11) is 0. The molecule has 0 spiro atoms. The van der Waals surface area contributed by atoms with E-state index in [1.165, 1.54) is 0 Å². The van der Waals surface area contributed by atoms with Crippen LogP contribution in [-0.4, -0.2) is 21.2 Å². The third kappa shape index (κ3) is 1.56. The first kappa shape index (κ1) is 9.02. The molecule has 5 heteroatoms. The molecule has 0 aliphatic heterocycles. The first-order valence-electron chi connectivity index (χ1n) is 4.09. The van der Waals surface area contributed by atoms with Crippen molar-refractivity contribution in [1.29, 1.82) is 0 Å². The molecule has 0 saturated heterocycles. The van der Waals surface area contributed by atoms with E-state index in [1.807, 2.05) is 24.4 Å². The van der Waals surface area contributed by atoms with Gasteiger partial charge in [-0.3, -0.25) is 14.5 Å². The number of rotatable bonds is 2. The summed E-state index contributed by atoms with van der Waals surface area (Å²) in [4.78, 5) is 15.1. The van der Waals surface area contributed by atoms with Crippen LogP contribution in [0, 0.1) is 0 Å². The number of halogens is 1. The van der Waals surface area contributed by atoms with Crippen LogP contribution < -0.4 is 5.32 Å². The Morgan fingerprint density at radius 1 is 1.57 bits per heavy atom. The minimum Gasteiger partial charge on any atom is -0.295 e. The van der Waals surface area contributed by atoms with E-state index in [9.17, 15) is 4.79 Å². The number of carbonyl (C=O) groups excluding carboxylic acids is 1. The molecule has 2 heterocycles. The Bertz CT molecular complexity index is 466. The smallest absolute Gasteiger partial charge is 0.241 e. The van der Waals surface area contributed by atoms with Gasteiger partial charge in [-0.05, 0) is 12.1 Å². The molecule has 0 fully saturated rings. The normalized spacial score (nSPS) is 10.4. The zero-order chi connectivity index (χ0) is 9.97. The van der Waals surface area contributed by atoms with Gasteiger partial charge >= 0.3 is 0 Å². The van der Waals surface area contributed by atoms with Crippen molar-refractivity contribution in [3.63, 3.8) is 0 Å². The Morgan fingerprint density at radius 2 is 2.43 bits per heavy atom. The lowest BCUT2D eigenvalue weighted by Gasteiger charge is -2.00. The molecular formula is C9H8ClN3O. The van der Waals surface area contributed by atoms with Crippen LogP contribution in [0.15, 0.2) is 30.6 Å². The number of nitrogens with one attached hydrogen (secondary N) is 1. The van der Waals surface area contributed by atoms with E-state index in [2.05, 4.69) is 10.3 Å². The fourth-order valence-corrected chi connectivity index (χ4v) is 1.26. The third-order valence-corrected chi connectivity index (χ3v) is 2.05. The fourth-order valence-electron chi connectivity index (χ4n) is 1.19. The lowest BCUT2D eigenvalue weighted by Crippen LogP contribution is -2.14. The van der Waals surface area contributed by atoms with E-state index in [0.717, 1.165) is 5.52 Å². The summed E-state index contributed by atoms with van der Waals surface area (Å²) in [6, 6.07) is 5.68. The van der Waals surface area contributed by atoms with Crippen LogP contribution in [0.3, 0.4) is 0 Å². The molecule has 1 amide bonds. The molecule has 0 aromatic carbocycles. The largest absolute Gasteiger partial charge is 0.295 e. The molecule has 0 unspecified atom stereocenters. The number of carbonyl (C=O) groups is 1. The molecule has 2 aromatic rings. The molecule has 1 N–H and O–H groups in total. The standard InChI is InChI=1S/C9H8ClN3O/c10-5-8(14)12-9-11-6-7-3-1-2-4-13(7)9/h1-4,6H,5H2,(H,11,12,14). The number of pyridine rings is 1. The number of hydrogen-bond donors (Lipinski definition) is 1. The summed E-state index contributed by atoms with van der Waals surface area (Å²) in [5.74, 6) is 0.163. The zero-order valence-electron chi connectivity index (χ0n) is 7.27. The van der Waals surface area contributed by atoms with Crippen molar-refractivity contribution in [2.45, 2.75) is 0 Å². The summed E-state index contributed by atoms with van der Waals surface area (Å²) in [6.45, 7) is 0. The molecule has 0 saturated carbocycles. The summed E-state index contributed by atoms with van der Waals surface area (Å²) in [5, 5.41) is 2.60. The molecule has 72 valence electrons. The molecule has 2 rings (SSSR count). The highest BCUT2D eigenvalue weighted by molar-refractivity contribution is 6.28. The van der Waals surface area contributed by atoms with Gasteiger partial charge in [-0.25, -0.2) is 4.98 Å². The minimum absolute atomic E-state index is 0.0677. The van der Waals surface area contributed by atoms with Crippen LogP contribution in [0.25, 0.3) is 5.52 Å². The van der Waals surface area contributed by atoms with E-state index in [4.69, 9.17) is 11.6 Å². The van der Waals surface area contributed by atoms with E-state index >= 15 is 0 Å². The summed E-state index contributed by atoms with van der Waals surface area (Å²) >= 11 is 5.37. The summed E-state index contributed by atoms with van der Waals surface area (Å²) in [5.41, 5.74) is 0.928. The van der Waals surface area contributed by atoms with Gasteiger partial charge in [0.1, 0.15) is 5.88 Å². The molecular weight excluding hydrogens is 202 g/mol. The van der Waals surface area contributed by atoms with Crippen molar-refractivity contribution in [2.24, 2.45) is 0 Å². The molecule has 4 nitrogen and oxygen atoms in total. The van der Waals surface area contributed by atoms with Crippen LogP contribution in [0.5, 0.6) is 0 Å². The number of amides is 1. The number of aromatic nitrogens is 2. The first-order chi connectivity index (χ1) is 6.81. The van der Waals surface area contributed by atoms with Crippen molar-refractivity contribution in [3.8, 4) is 0 Å². The predicted octanol–water partition coefficient (Wildman–Crippen LogP) is 1.51. The Morgan fingerprint density at radius 3 is 3.21 bits per heavy atom. The predicted molar refractivity (Wildman–Crippen MR) is 54.5 cm³/mol. The Balaban J connectivity index is 2.38. The highest BCUT2D eigenvalue weighted by atomic mass is 35.5. The quantitative estimate of drug-likeness (QED) is 0.763. The van der Waals surface area contributed by atoms with Gasteiger partial charge in [0.2, 0.25) is 11.9 Å². The number of nitrogens with zero attached hydrogens (tertiary/aromatic N) is 2. The topological polar surface area (TPSA) is 46.4 Å². The van der Waals surface area contributed by atoms with E-state index in [-0.39, 0.29) is 11.8 Å². The SMILES string of the molecule is O=C(CCl)Nc1ncc2ccccn12. The van der Waals surface area contributed by atoms with Crippen molar-refractivity contribution >= 4 is 29.0 Å². The maximum absolute atomic E-state index is 11.0. The first-order valence-corrected chi connectivity index (χ1v) is 4.62. The lowest BCUT2D eigenvalue weighted by atomic mass is 10.4. The summed E-state index contributed by atoms with van der Waals surface area (Å²) in [6.07, 6.45) is 3.51. The molecule has 0 bridgehead atoms. The highest BCUT2D eigenvalue weighted by Gasteiger charge is 2.05. The zero-order valence-corrected chi connectivity index (χ0v) is 8.03. The van der Waals surface area contributed by atoms with Crippen LogP contribution >= 0.6 is 11.6 Å². The van der Waals surface area contributed by atoms with Gasteiger partial charge in [0, 0.05) is 6.20 Å². The second-order valence-corrected chi connectivity index (χ2v) is 3.03. The minimum atomic E-state index is -0.261. The second kappa shape index (κ2) is 3.67. The highest BCUT2D eigenvalue weighted by Crippen LogP contribution is 2.09. The van der Waals surface area contributed by atoms with Crippen LogP contribution in [0.4, 0.5) is 5.95 Å². The van der Waals surface area contributed by atoms with Crippen molar-refractivity contribution in [3.05, 3.63) is 30.6 Å². The van der Waals surface area contributed by atoms with E-state index < -0.39 is 0 Å². The van der Waals surface area contributed by atoms with Gasteiger partial charge in [-0.15, -0.1) is 11.6 Å². The Labute approximate surface area is 85.5 Å². The maximum Gasteiger partial charge on any atom is 0.241 e. The molecule has 0 atom stereocenters. The van der Waals surface area contributed by atoms with Gasteiger partial charge in [0.25, 0.3) is 0 Å². The second-order valence-electron chi connectivity index (χ2n) is 2.76. The van der Waals surface area contributed by atoms with Crippen molar-refractivity contribution in [1.82, 2.24) is 9.38 Å². The number of fused-ring (bicyclic) bond motifs is 1. The third-order valence-electron chi connectivity index (χ3n) is 1.81.